The second-order valence-electron chi connectivity index (χ2n) is 3.19. The molecule has 0 aromatic carbocycles. The van der Waals surface area contributed by atoms with E-state index in [1.807, 2.05) is 0 Å². The monoisotopic (exact) mass is 174 g/mol. The smallest absolute Gasteiger partial charge is 0.0698 e. The Hall–Kier alpha value is -0.160. The van der Waals surface area contributed by atoms with Crippen molar-refractivity contribution in [2.45, 2.75) is 12.5 Å². The highest BCUT2D eigenvalue weighted by atomic mass is 16.5. The van der Waals surface area contributed by atoms with Crippen LogP contribution in [0, 0.1) is 0 Å². The van der Waals surface area contributed by atoms with Crippen LogP contribution in [0.3, 0.4) is 0 Å². The minimum Gasteiger partial charge on any atom is -0.394 e. The minimum atomic E-state index is 0.111. The molecule has 1 atom stereocenters. The zero-order valence-electron chi connectivity index (χ0n) is 7.41. The molecule has 0 spiro atoms. The summed E-state index contributed by atoms with van der Waals surface area (Å²) in [5.41, 5.74) is 5.73. The van der Waals surface area contributed by atoms with E-state index in [2.05, 4.69) is 4.90 Å². The second-order valence-corrected chi connectivity index (χ2v) is 3.19. The number of likely N-dealkylation sites (tertiary alicyclic amines) is 1. The minimum absolute atomic E-state index is 0.111. The molecule has 1 rings (SSSR count). The van der Waals surface area contributed by atoms with Gasteiger partial charge in [0.15, 0.2) is 0 Å². The molecule has 72 valence electrons. The first-order valence-corrected chi connectivity index (χ1v) is 4.49. The van der Waals surface area contributed by atoms with Gasteiger partial charge in [-0.15, -0.1) is 0 Å². The summed E-state index contributed by atoms with van der Waals surface area (Å²) < 4.78 is 5.15. The summed E-state index contributed by atoms with van der Waals surface area (Å²) in [6.07, 6.45) is 1.10. The van der Waals surface area contributed by atoms with E-state index < -0.39 is 0 Å². The Bertz CT molecular complexity index is 122. The van der Waals surface area contributed by atoms with Crippen LogP contribution >= 0.6 is 0 Å². The standard InChI is InChI=1S/C8H18N2O2/c9-8-1-2-10(7-8)3-5-12-6-4-11/h8,11H,1-7,9H2/t8-/m1/s1. The van der Waals surface area contributed by atoms with Gasteiger partial charge in [0.25, 0.3) is 0 Å². The fourth-order valence-corrected chi connectivity index (χ4v) is 1.43. The maximum Gasteiger partial charge on any atom is 0.0698 e. The molecule has 4 nitrogen and oxygen atoms in total. The quantitative estimate of drug-likeness (QED) is 0.526. The summed E-state index contributed by atoms with van der Waals surface area (Å²) in [5, 5.41) is 8.44. The van der Waals surface area contributed by atoms with Gasteiger partial charge in [0.2, 0.25) is 0 Å². The highest BCUT2D eigenvalue weighted by Crippen LogP contribution is 2.05. The van der Waals surface area contributed by atoms with E-state index in [4.69, 9.17) is 15.6 Å². The van der Waals surface area contributed by atoms with E-state index in [1.165, 1.54) is 0 Å². The van der Waals surface area contributed by atoms with E-state index in [-0.39, 0.29) is 6.61 Å². The maximum absolute atomic E-state index is 8.44. The van der Waals surface area contributed by atoms with Crippen LogP contribution in [-0.4, -0.2) is 55.5 Å². The third-order valence-electron chi connectivity index (χ3n) is 2.10. The Labute approximate surface area is 73.3 Å². The molecule has 0 aromatic rings. The maximum atomic E-state index is 8.44. The molecule has 0 unspecified atom stereocenters. The fourth-order valence-electron chi connectivity index (χ4n) is 1.43. The van der Waals surface area contributed by atoms with E-state index in [0.29, 0.717) is 19.3 Å². The third-order valence-corrected chi connectivity index (χ3v) is 2.10. The molecular formula is C8H18N2O2. The zero-order valence-corrected chi connectivity index (χ0v) is 7.41. The van der Waals surface area contributed by atoms with Crippen LogP contribution in [0.15, 0.2) is 0 Å². The van der Waals surface area contributed by atoms with Crippen LogP contribution in [-0.2, 0) is 4.74 Å². The molecule has 12 heavy (non-hydrogen) atoms. The van der Waals surface area contributed by atoms with Crippen molar-refractivity contribution in [2.75, 3.05) is 39.5 Å². The lowest BCUT2D eigenvalue weighted by Crippen LogP contribution is -2.29. The summed E-state index contributed by atoms with van der Waals surface area (Å²) >= 11 is 0. The highest BCUT2D eigenvalue weighted by Gasteiger charge is 2.17. The van der Waals surface area contributed by atoms with Crippen LogP contribution in [0.1, 0.15) is 6.42 Å². The van der Waals surface area contributed by atoms with Crippen molar-refractivity contribution in [3.63, 3.8) is 0 Å². The molecule has 0 saturated carbocycles. The Kier molecular flexibility index (Phi) is 4.53. The van der Waals surface area contributed by atoms with Gasteiger partial charge in [-0.05, 0) is 13.0 Å². The van der Waals surface area contributed by atoms with Gasteiger partial charge in [0.05, 0.1) is 19.8 Å². The fraction of sp³-hybridized carbons (Fsp3) is 1.00. The van der Waals surface area contributed by atoms with Crippen LogP contribution in [0.5, 0.6) is 0 Å². The summed E-state index contributed by atoms with van der Waals surface area (Å²) in [6.45, 7) is 4.27. The van der Waals surface area contributed by atoms with Gasteiger partial charge in [0, 0.05) is 19.1 Å². The summed E-state index contributed by atoms with van der Waals surface area (Å²) in [5.74, 6) is 0. The first-order chi connectivity index (χ1) is 5.83. The summed E-state index contributed by atoms with van der Waals surface area (Å²) in [4.78, 5) is 2.29. The SMILES string of the molecule is N[C@@H]1CCN(CCOCCO)C1. The number of rotatable bonds is 5. The van der Waals surface area contributed by atoms with Crippen LogP contribution in [0.25, 0.3) is 0 Å². The molecule has 4 heteroatoms. The molecule has 0 radical (unpaired) electrons. The molecule has 1 saturated heterocycles. The average molecular weight is 174 g/mol. The first-order valence-electron chi connectivity index (χ1n) is 4.49. The number of ether oxygens (including phenoxy) is 1. The Morgan fingerprint density at radius 1 is 1.50 bits per heavy atom. The van der Waals surface area contributed by atoms with Gasteiger partial charge in [-0.25, -0.2) is 0 Å². The molecular weight excluding hydrogens is 156 g/mol. The number of hydrogen-bond acceptors (Lipinski definition) is 4. The molecule has 1 aliphatic rings. The molecule has 3 N–H and O–H groups in total. The normalized spacial score (nSPS) is 25.0. The second kappa shape index (κ2) is 5.48. The van der Waals surface area contributed by atoms with Crippen molar-refractivity contribution in [3.05, 3.63) is 0 Å². The molecule has 1 heterocycles. The van der Waals surface area contributed by atoms with E-state index in [0.717, 1.165) is 26.1 Å². The Morgan fingerprint density at radius 3 is 2.92 bits per heavy atom. The van der Waals surface area contributed by atoms with Crippen molar-refractivity contribution < 1.29 is 9.84 Å². The molecule has 0 bridgehead atoms. The average Bonchev–Trinajstić information content (AvgIpc) is 2.45. The third kappa shape index (κ3) is 3.49. The molecule has 0 aliphatic carbocycles. The zero-order chi connectivity index (χ0) is 8.81. The number of nitrogens with two attached hydrogens (primary N) is 1. The first kappa shape index (κ1) is 9.92. The lowest BCUT2D eigenvalue weighted by Gasteiger charge is -2.14. The topological polar surface area (TPSA) is 58.7 Å². The van der Waals surface area contributed by atoms with Gasteiger partial charge >= 0.3 is 0 Å². The molecule has 0 aromatic heterocycles. The van der Waals surface area contributed by atoms with Gasteiger partial charge < -0.3 is 15.6 Å². The number of aliphatic hydroxyl groups excluding tert-OH is 1. The van der Waals surface area contributed by atoms with Crippen LogP contribution in [0.4, 0.5) is 0 Å². The van der Waals surface area contributed by atoms with Gasteiger partial charge in [-0.1, -0.05) is 0 Å². The van der Waals surface area contributed by atoms with E-state index in [1.54, 1.807) is 0 Å². The molecule has 0 amide bonds. The van der Waals surface area contributed by atoms with Gasteiger partial charge in [0.1, 0.15) is 0 Å². The van der Waals surface area contributed by atoms with Crippen molar-refractivity contribution >= 4 is 0 Å². The Balaban J connectivity index is 1.93. The van der Waals surface area contributed by atoms with E-state index in [9.17, 15) is 0 Å². The van der Waals surface area contributed by atoms with Crippen molar-refractivity contribution in [1.82, 2.24) is 4.90 Å². The van der Waals surface area contributed by atoms with Crippen molar-refractivity contribution in [2.24, 2.45) is 5.73 Å². The Morgan fingerprint density at radius 2 is 2.33 bits per heavy atom. The van der Waals surface area contributed by atoms with Gasteiger partial charge in [-0.3, -0.25) is 4.90 Å². The number of aliphatic hydroxyl groups is 1. The largest absolute Gasteiger partial charge is 0.394 e. The highest BCUT2D eigenvalue weighted by molar-refractivity contribution is 4.77. The van der Waals surface area contributed by atoms with Gasteiger partial charge in [-0.2, -0.15) is 0 Å². The predicted octanol–water partition coefficient (Wildman–Crippen LogP) is -0.972. The summed E-state index contributed by atoms with van der Waals surface area (Å²) in [6, 6.07) is 0.350. The lowest BCUT2D eigenvalue weighted by molar-refractivity contribution is 0.0779. The van der Waals surface area contributed by atoms with E-state index >= 15 is 0 Å². The predicted molar refractivity (Wildman–Crippen MR) is 46.9 cm³/mol. The van der Waals surface area contributed by atoms with Crippen LogP contribution in [0.2, 0.25) is 0 Å². The van der Waals surface area contributed by atoms with Crippen molar-refractivity contribution in [1.29, 1.82) is 0 Å². The van der Waals surface area contributed by atoms with Crippen LogP contribution < -0.4 is 5.73 Å². The molecule has 1 aliphatic heterocycles. The van der Waals surface area contributed by atoms with Crippen molar-refractivity contribution in [3.8, 4) is 0 Å². The molecule has 1 fully saturated rings. The number of hydrogen-bond donors (Lipinski definition) is 2. The summed E-state index contributed by atoms with van der Waals surface area (Å²) in [7, 11) is 0. The number of nitrogens with zero attached hydrogens (tertiary/aromatic N) is 1. The lowest BCUT2D eigenvalue weighted by atomic mass is 10.3.